The zero-order valence-electron chi connectivity index (χ0n) is 22.8. The van der Waals surface area contributed by atoms with E-state index >= 15 is 8.78 Å². The number of ether oxygens (including phenoxy) is 1. The molecule has 1 saturated carbocycles. The van der Waals surface area contributed by atoms with Crippen molar-refractivity contribution in [3.8, 4) is 16.9 Å². The van der Waals surface area contributed by atoms with Gasteiger partial charge in [0.2, 0.25) is 5.75 Å². The summed E-state index contributed by atoms with van der Waals surface area (Å²) >= 11 is 0. The van der Waals surface area contributed by atoms with Gasteiger partial charge in [-0.1, -0.05) is 58.3 Å². The van der Waals surface area contributed by atoms with Crippen molar-refractivity contribution in [2.24, 2.45) is 11.8 Å². The molecule has 0 heterocycles. The van der Waals surface area contributed by atoms with Crippen molar-refractivity contribution >= 4 is 0 Å². The molecule has 34 heavy (non-hydrogen) atoms. The molecule has 3 rings (SSSR count). The number of alkyl halides is 3. The lowest BCUT2D eigenvalue weighted by Crippen LogP contribution is -2.19. The number of rotatable bonds is 9. The predicted octanol–water partition coefficient (Wildman–Crippen LogP) is 9.13. The Kier molecular flexibility index (Phi) is 7.10. The monoisotopic (exact) mass is 494 g/mol. The number of halogens is 7. The first-order valence-corrected chi connectivity index (χ1v) is 11.5. The Bertz CT molecular complexity index is 1100. The van der Waals surface area contributed by atoms with Gasteiger partial charge in [0.1, 0.15) is 11.6 Å². The lowest BCUT2D eigenvalue weighted by atomic mass is 9.77. The Morgan fingerprint density at radius 1 is 0.824 bits per heavy atom. The van der Waals surface area contributed by atoms with Gasteiger partial charge in [-0.2, -0.15) is 0 Å². The summed E-state index contributed by atoms with van der Waals surface area (Å²) < 4.78 is 132. The summed E-state index contributed by atoms with van der Waals surface area (Å²) in [5.74, 6) is -8.96. The highest BCUT2D eigenvalue weighted by molar-refractivity contribution is 5.66. The molecule has 0 saturated heterocycles. The van der Waals surface area contributed by atoms with Crippen LogP contribution in [0, 0.1) is 35.1 Å². The van der Waals surface area contributed by atoms with Crippen molar-refractivity contribution in [1.82, 2.24) is 0 Å². The second-order valence-electron chi connectivity index (χ2n) is 8.78. The molecule has 1 nitrogen and oxygen atoms in total. The van der Waals surface area contributed by atoms with Crippen LogP contribution in [0.25, 0.3) is 11.1 Å². The van der Waals surface area contributed by atoms with Crippen LogP contribution in [-0.4, -0.2) is 6.36 Å². The van der Waals surface area contributed by atoms with Crippen molar-refractivity contribution in [3.63, 3.8) is 0 Å². The zero-order chi connectivity index (χ0) is 28.4. The smallest absolute Gasteiger partial charge is 0.399 e. The largest absolute Gasteiger partial charge is 0.573 e. The first-order chi connectivity index (χ1) is 17.8. The third-order valence-corrected chi connectivity index (χ3v) is 6.28. The van der Waals surface area contributed by atoms with E-state index in [0.717, 1.165) is 32.1 Å². The fraction of sp³-hybridized carbons (Fsp3) is 0.538. The molecular formula is C26H29F7O. The van der Waals surface area contributed by atoms with Gasteiger partial charge in [-0.25, -0.2) is 17.6 Å². The molecule has 1 aliphatic rings. The normalized spacial score (nSPS) is 20.5. The van der Waals surface area contributed by atoms with Crippen molar-refractivity contribution in [2.45, 2.75) is 77.5 Å². The lowest BCUT2D eigenvalue weighted by molar-refractivity contribution is -0.276. The lowest BCUT2D eigenvalue weighted by Gasteiger charge is -2.28. The summed E-state index contributed by atoms with van der Waals surface area (Å²) in [6.45, 7) is 2.15. The molecule has 1 aliphatic carbocycles. The Hall–Kier alpha value is -2.25. The SMILES string of the molecule is [2H]c1c(F)c(-c2c([2H])c(F)c(OC(F)(F)F)c(F)c2[2H])c(F)c([2H])c1CCC1CCC(CCCCC)CC1. The van der Waals surface area contributed by atoms with Gasteiger partial charge in [-0.05, 0) is 60.0 Å². The molecule has 0 amide bonds. The van der Waals surface area contributed by atoms with E-state index in [2.05, 4.69) is 11.7 Å². The fourth-order valence-electron chi connectivity index (χ4n) is 4.49. The Balaban J connectivity index is 1.88. The van der Waals surface area contributed by atoms with Crippen LogP contribution in [0.5, 0.6) is 5.75 Å². The predicted molar refractivity (Wildman–Crippen MR) is 116 cm³/mol. The first kappa shape index (κ1) is 21.1. The number of hydrogen-bond donors (Lipinski definition) is 0. The van der Waals surface area contributed by atoms with Gasteiger partial charge in [0, 0.05) is 0 Å². The highest BCUT2D eigenvalue weighted by Gasteiger charge is 2.34. The van der Waals surface area contributed by atoms with Crippen LogP contribution < -0.4 is 4.74 Å². The van der Waals surface area contributed by atoms with E-state index in [1.807, 2.05) is 0 Å². The third kappa shape index (κ3) is 7.12. The number of benzene rings is 2. The average Bonchev–Trinajstić information content (AvgIpc) is 2.86. The van der Waals surface area contributed by atoms with Gasteiger partial charge in [0.15, 0.2) is 11.6 Å². The minimum Gasteiger partial charge on any atom is -0.399 e. The molecule has 2 aromatic carbocycles. The maximum Gasteiger partial charge on any atom is 0.573 e. The minimum atomic E-state index is -5.56. The minimum absolute atomic E-state index is 0.0134. The molecule has 0 aliphatic heterocycles. The summed E-state index contributed by atoms with van der Waals surface area (Å²) in [4.78, 5) is 0. The van der Waals surface area contributed by atoms with Crippen molar-refractivity contribution in [1.29, 1.82) is 0 Å². The van der Waals surface area contributed by atoms with E-state index < -0.39 is 70.7 Å². The van der Waals surface area contributed by atoms with E-state index in [9.17, 15) is 22.0 Å². The summed E-state index contributed by atoms with van der Waals surface area (Å²) in [5, 5.41) is 0. The summed E-state index contributed by atoms with van der Waals surface area (Å²) in [5.41, 5.74) is -2.99. The van der Waals surface area contributed by atoms with Gasteiger partial charge in [0.05, 0.1) is 11.0 Å². The molecule has 0 radical (unpaired) electrons. The van der Waals surface area contributed by atoms with E-state index in [4.69, 9.17) is 5.48 Å². The molecule has 1 fully saturated rings. The van der Waals surface area contributed by atoms with Crippen LogP contribution in [0.3, 0.4) is 0 Å². The fourth-order valence-corrected chi connectivity index (χ4v) is 4.49. The number of hydrogen-bond acceptors (Lipinski definition) is 1. The van der Waals surface area contributed by atoms with Gasteiger partial charge in [0.25, 0.3) is 0 Å². The summed E-state index contributed by atoms with van der Waals surface area (Å²) in [6, 6.07) is -5.10. The van der Waals surface area contributed by atoms with Crippen molar-refractivity contribution in [3.05, 3.63) is 53.0 Å². The summed E-state index contributed by atoms with van der Waals surface area (Å²) in [7, 11) is 0. The quantitative estimate of drug-likeness (QED) is 0.249. The van der Waals surface area contributed by atoms with E-state index in [0.29, 0.717) is 12.3 Å². The molecule has 8 heteroatoms. The Morgan fingerprint density at radius 2 is 1.35 bits per heavy atom. The van der Waals surface area contributed by atoms with Crippen LogP contribution in [0.2, 0.25) is 0 Å². The van der Waals surface area contributed by atoms with E-state index in [-0.39, 0.29) is 17.9 Å². The maximum absolute atomic E-state index is 15.2. The molecule has 0 unspecified atom stereocenters. The molecule has 0 atom stereocenters. The highest BCUT2D eigenvalue weighted by Crippen LogP contribution is 2.37. The summed E-state index contributed by atoms with van der Waals surface area (Å²) in [6.07, 6.45) is 3.59. The molecular weight excluding hydrogens is 461 g/mol. The van der Waals surface area contributed by atoms with Crippen LogP contribution in [0.15, 0.2) is 24.2 Å². The van der Waals surface area contributed by atoms with Gasteiger partial charge < -0.3 is 4.74 Å². The van der Waals surface area contributed by atoms with Crippen molar-refractivity contribution in [2.75, 3.05) is 0 Å². The van der Waals surface area contributed by atoms with Crippen LogP contribution in [0.4, 0.5) is 30.7 Å². The molecule has 0 bridgehead atoms. The van der Waals surface area contributed by atoms with Crippen LogP contribution in [-0.2, 0) is 6.42 Å². The Labute approximate surface area is 200 Å². The van der Waals surface area contributed by atoms with Crippen molar-refractivity contribution < 1.29 is 41.0 Å². The maximum atomic E-state index is 15.2. The van der Waals surface area contributed by atoms with Gasteiger partial charge in [-0.3, -0.25) is 0 Å². The van der Waals surface area contributed by atoms with Crippen LogP contribution in [0.1, 0.15) is 75.8 Å². The topological polar surface area (TPSA) is 9.23 Å². The van der Waals surface area contributed by atoms with Crippen LogP contribution >= 0.6 is 0 Å². The zero-order valence-corrected chi connectivity index (χ0v) is 18.8. The van der Waals surface area contributed by atoms with E-state index in [1.165, 1.54) is 19.3 Å². The second-order valence-corrected chi connectivity index (χ2v) is 8.78. The van der Waals surface area contributed by atoms with E-state index in [1.54, 1.807) is 0 Å². The van der Waals surface area contributed by atoms with Gasteiger partial charge in [-0.15, -0.1) is 13.2 Å². The third-order valence-electron chi connectivity index (χ3n) is 6.28. The second kappa shape index (κ2) is 11.5. The standard InChI is InChI=1S/C26H29F7O/c1-2-3-4-5-16-6-8-17(9-7-16)10-11-18-12-20(27)24(21(28)13-18)19-14-22(29)25(23(30)15-19)34-26(31,32)33/h12-17H,2-11H2,1H3/i12D,13D,14D,15D. The highest BCUT2D eigenvalue weighted by atomic mass is 19.4. The molecule has 0 spiro atoms. The molecule has 0 aromatic heterocycles. The molecule has 0 N–H and O–H groups in total. The average molecular weight is 495 g/mol. The Morgan fingerprint density at radius 3 is 1.85 bits per heavy atom. The van der Waals surface area contributed by atoms with Gasteiger partial charge >= 0.3 is 6.36 Å². The molecule has 2 aromatic rings. The number of unbranched alkanes of at least 4 members (excludes halogenated alkanes) is 2. The first-order valence-electron chi connectivity index (χ1n) is 13.5. The molecule has 188 valence electrons.